The van der Waals surface area contributed by atoms with Crippen molar-refractivity contribution in [1.82, 2.24) is 0 Å². The number of likely N-dealkylation sites (N-methyl/N-ethyl adjacent to an activating group) is 1. The fourth-order valence-electron chi connectivity index (χ4n) is 2.20. The Morgan fingerprint density at radius 3 is 2.60 bits per heavy atom. The van der Waals surface area contributed by atoms with E-state index in [1.54, 1.807) is 0 Å². The van der Waals surface area contributed by atoms with E-state index in [0.29, 0.717) is 13.4 Å². The summed E-state index contributed by atoms with van der Waals surface area (Å²) in [5.74, 6) is 1.02. The molecular formula is C11H20INO2. The van der Waals surface area contributed by atoms with Crippen molar-refractivity contribution in [3.05, 3.63) is 11.8 Å². The first-order valence-corrected chi connectivity index (χ1v) is 5.52. The molecule has 2 saturated heterocycles. The molecule has 0 spiro atoms. The maximum absolute atomic E-state index is 5.32. The highest BCUT2D eigenvalue weighted by molar-refractivity contribution is 4.95. The minimum absolute atomic E-state index is 0. The fraction of sp³-hybridized carbons (Fsp3) is 0.818. The van der Waals surface area contributed by atoms with Crippen molar-refractivity contribution in [2.24, 2.45) is 0 Å². The van der Waals surface area contributed by atoms with Crippen LogP contribution in [0.4, 0.5) is 0 Å². The Morgan fingerprint density at radius 1 is 1.27 bits per heavy atom. The molecule has 2 fully saturated rings. The maximum atomic E-state index is 5.32. The highest BCUT2D eigenvalue weighted by Gasteiger charge is 2.23. The molecule has 4 heteroatoms. The molecule has 0 aromatic rings. The van der Waals surface area contributed by atoms with E-state index >= 15 is 0 Å². The lowest BCUT2D eigenvalue weighted by atomic mass is 10.1. The minimum atomic E-state index is 0. The molecule has 0 radical (unpaired) electrons. The average Bonchev–Trinajstić information content (AvgIpc) is 2.69. The first kappa shape index (κ1) is 13.3. The molecule has 2 aliphatic heterocycles. The SMILES string of the molecule is C[N+]1(CC=C2COCO2)CCCCC1.[I-]. The third-order valence-electron chi connectivity index (χ3n) is 3.23. The van der Waals surface area contributed by atoms with Gasteiger partial charge in [0.1, 0.15) is 18.9 Å². The summed E-state index contributed by atoms with van der Waals surface area (Å²) in [5.41, 5.74) is 0. The molecule has 0 unspecified atom stereocenters. The topological polar surface area (TPSA) is 18.5 Å². The molecule has 0 aliphatic carbocycles. The van der Waals surface area contributed by atoms with E-state index in [1.165, 1.54) is 36.8 Å². The van der Waals surface area contributed by atoms with Gasteiger partial charge in [0.05, 0.1) is 20.1 Å². The third kappa shape index (κ3) is 3.92. The standard InChI is InChI=1S/C11H20NO2.HI/c1-12(6-3-2-4-7-12)8-5-11-9-13-10-14-11;/h5H,2-4,6-10H2,1H3;1H/q+1;/p-1. The van der Waals surface area contributed by atoms with Crippen LogP contribution in [0.1, 0.15) is 19.3 Å². The summed E-state index contributed by atoms with van der Waals surface area (Å²) in [6.07, 6.45) is 6.36. The predicted octanol–water partition coefficient (Wildman–Crippen LogP) is -1.49. The smallest absolute Gasteiger partial charge is 0.189 e. The molecule has 88 valence electrons. The van der Waals surface area contributed by atoms with Gasteiger partial charge in [-0.25, -0.2) is 0 Å². The Bertz CT molecular complexity index is 217. The molecular weight excluding hydrogens is 305 g/mol. The van der Waals surface area contributed by atoms with Crippen molar-refractivity contribution >= 4 is 0 Å². The highest BCUT2D eigenvalue weighted by Crippen LogP contribution is 2.17. The van der Waals surface area contributed by atoms with Crippen LogP contribution in [0.3, 0.4) is 0 Å². The molecule has 0 amide bonds. The average molecular weight is 325 g/mol. The summed E-state index contributed by atoms with van der Waals surface area (Å²) in [5, 5.41) is 0. The third-order valence-corrected chi connectivity index (χ3v) is 3.23. The Morgan fingerprint density at radius 2 is 2.00 bits per heavy atom. The van der Waals surface area contributed by atoms with Gasteiger partial charge in [-0.1, -0.05) is 0 Å². The number of likely N-dealkylation sites (tertiary alicyclic amines) is 1. The quantitative estimate of drug-likeness (QED) is 0.455. The van der Waals surface area contributed by atoms with Gasteiger partial charge in [-0.3, -0.25) is 0 Å². The molecule has 3 nitrogen and oxygen atoms in total. The van der Waals surface area contributed by atoms with Gasteiger partial charge in [-0.05, 0) is 19.3 Å². The summed E-state index contributed by atoms with van der Waals surface area (Å²) < 4.78 is 11.6. The van der Waals surface area contributed by atoms with E-state index in [2.05, 4.69) is 13.1 Å². The number of hydrogen-bond acceptors (Lipinski definition) is 2. The summed E-state index contributed by atoms with van der Waals surface area (Å²) in [4.78, 5) is 0. The molecule has 0 aromatic carbocycles. The van der Waals surface area contributed by atoms with E-state index in [4.69, 9.17) is 9.47 Å². The van der Waals surface area contributed by atoms with Gasteiger partial charge in [0, 0.05) is 6.08 Å². The first-order valence-electron chi connectivity index (χ1n) is 5.52. The van der Waals surface area contributed by atoms with Gasteiger partial charge >= 0.3 is 0 Å². The Kier molecular flexibility index (Phi) is 5.35. The number of halogens is 1. The minimum Gasteiger partial charge on any atom is -1.00 e. The van der Waals surface area contributed by atoms with Crippen molar-refractivity contribution < 1.29 is 37.9 Å². The Hall–Kier alpha value is 0.190. The Balaban J connectivity index is 0.00000112. The molecule has 0 bridgehead atoms. The summed E-state index contributed by atoms with van der Waals surface area (Å²) in [6, 6.07) is 0. The van der Waals surface area contributed by atoms with Crippen LogP contribution in [-0.2, 0) is 9.47 Å². The van der Waals surface area contributed by atoms with Gasteiger partial charge in [-0.2, -0.15) is 0 Å². The van der Waals surface area contributed by atoms with Gasteiger partial charge in [0.2, 0.25) is 0 Å². The molecule has 0 aromatic heterocycles. The molecule has 0 atom stereocenters. The normalized spacial score (nSPS) is 27.1. The number of rotatable bonds is 2. The largest absolute Gasteiger partial charge is 1.00 e. The number of hydrogen-bond donors (Lipinski definition) is 0. The van der Waals surface area contributed by atoms with E-state index < -0.39 is 0 Å². The number of ether oxygens (including phenoxy) is 2. The first-order chi connectivity index (χ1) is 6.79. The number of nitrogens with zero attached hydrogens (tertiary/aromatic N) is 1. The lowest BCUT2D eigenvalue weighted by Crippen LogP contribution is -3.00. The van der Waals surface area contributed by atoms with Gasteiger partial charge in [0.25, 0.3) is 0 Å². The molecule has 15 heavy (non-hydrogen) atoms. The number of quaternary nitrogens is 1. The summed E-state index contributed by atoms with van der Waals surface area (Å²) >= 11 is 0. The van der Waals surface area contributed by atoms with Crippen LogP contribution in [0.5, 0.6) is 0 Å². The van der Waals surface area contributed by atoms with Crippen LogP contribution in [0.25, 0.3) is 0 Å². The van der Waals surface area contributed by atoms with Crippen LogP contribution >= 0.6 is 0 Å². The van der Waals surface area contributed by atoms with Gasteiger partial charge in [0.15, 0.2) is 6.79 Å². The van der Waals surface area contributed by atoms with Crippen molar-refractivity contribution in [3.63, 3.8) is 0 Å². The zero-order valence-corrected chi connectivity index (χ0v) is 11.5. The van der Waals surface area contributed by atoms with Crippen LogP contribution in [-0.4, -0.2) is 44.6 Å². The van der Waals surface area contributed by atoms with Gasteiger partial charge < -0.3 is 37.9 Å². The molecule has 0 N–H and O–H groups in total. The second kappa shape index (κ2) is 6.06. The van der Waals surface area contributed by atoms with Crippen LogP contribution in [0.2, 0.25) is 0 Å². The van der Waals surface area contributed by atoms with E-state index in [0.717, 1.165) is 12.3 Å². The van der Waals surface area contributed by atoms with Crippen molar-refractivity contribution in [1.29, 1.82) is 0 Å². The molecule has 2 rings (SSSR count). The summed E-state index contributed by atoms with van der Waals surface area (Å²) in [6.45, 7) is 4.82. The zero-order valence-electron chi connectivity index (χ0n) is 9.38. The van der Waals surface area contributed by atoms with E-state index in [9.17, 15) is 0 Å². The van der Waals surface area contributed by atoms with Crippen LogP contribution < -0.4 is 24.0 Å². The maximum Gasteiger partial charge on any atom is 0.189 e. The Labute approximate surface area is 109 Å². The van der Waals surface area contributed by atoms with E-state index in [-0.39, 0.29) is 24.0 Å². The highest BCUT2D eigenvalue weighted by atomic mass is 127. The van der Waals surface area contributed by atoms with Crippen molar-refractivity contribution in [2.45, 2.75) is 19.3 Å². The fourth-order valence-corrected chi connectivity index (χ4v) is 2.20. The monoisotopic (exact) mass is 325 g/mol. The number of piperidine rings is 1. The molecule has 0 saturated carbocycles. The molecule has 2 heterocycles. The van der Waals surface area contributed by atoms with Crippen molar-refractivity contribution in [3.8, 4) is 0 Å². The summed E-state index contributed by atoms with van der Waals surface area (Å²) in [7, 11) is 2.34. The van der Waals surface area contributed by atoms with E-state index in [1.807, 2.05) is 0 Å². The van der Waals surface area contributed by atoms with Crippen molar-refractivity contribution in [2.75, 3.05) is 40.1 Å². The molecule has 2 aliphatic rings. The predicted molar refractivity (Wildman–Crippen MR) is 54.6 cm³/mol. The zero-order chi connectivity index (χ0) is 9.86. The van der Waals surface area contributed by atoms with Crippen LogP contribution in [0.15, 0.2) is 11.8 Å². The second-order valence-corrected chi connectivity index (χ2v) is 4.59. The second-order valence-electron chi connectivity index (χ2n) is 4.59. The van der Waals surface area contributed by atoms with Crippen LogP contribution in [0, 0.1) is 0 Å². The van der Waals surface area contributed by atoms with Gasteiger partial charge in [-0.15, -0.1) is 0 Å². The lowest BCUT2D eigenvalue weighted by Gasteiger charge is -2.36. The lowest BCUT2D eigenvalue weighted by molar-refractivity contribution is -0.908.